The van der Waals surface area contributed by atoms with E-state index in [1.807, 2.05) is 24.3 Å². The van der Waals surface area contributed by atoms with Gasteiger partial charge in [-0.15, -0.1) is 0 Å². The van der Waals surface area contributed by atoms with E-state index in [-0.39, 0.29) is 5.75 Å². The summed E-state index contributed by atoms with van der Waals surface area (Å²) in [5, 5.41) is 14.2. The first-order valence-electron chi connectivity index (χ1n) is 7.06. The molecule has 0 unspecified atom stereocenters. The van der Waals surface area contributed by atoms with Crippen molar-refractivity contribution >= 4 is 10.9 Å². The molecule has 3 rings (SSSR count). The molecular weight excluding hydrogens is 260 g/mol. The van der Waals surface area contributed by atoms with Crippen LogP contribution >= 0.6 is 0 Å². The smallest absolute Gasteiger partial charge is 0.141 e. The number of aromatic hydroxyl groups is 1. The Morgan fingerprint density at radius 2 is 1.76 bits per heavy atom. The third-order valence-corrected chi connectivity index (χ3v) is 3.51. The molecule has 2 aromatic carbocycles. The third-order valence-electron chi connectivity index (χ3n) is 3.51. The molecule has 0 amide bonds. The van der Waals surface area contributed by atoms with Crippen LogP contribution in [0.3, 0.4) is 0 Å². The fraction of sp³-hybridized carbons (Fsp3) is 0.167. The van der Waals surface area contributed by atoms with Gasteiger partial charge in [-0.05, 0) is 24.6 Å². The molecule has 0 spiro atoms. The van der Waals surface area contributed by atoms with Gasteiger partial charge in [-0.2, -0.15) is 0 Å². The molecule has 0 saturated heterocycles. The lowest BCUT2D eigenvalue weighted by molar-refractivity contribution is 0.480. The Morgan fingerprint density at radius 3 is 2.57 bits per heavy atom. The number of nitrogens with one attached hydrogen (secondary N) is 1. The first-order valence-corrected chi connectivity index (χ1v) is 7.06. The molecule has 0 fully saturated rings. The normalized spacial score (nSPS) is 10.9. The fourth-order valence-corrected chi connectivity index (χ4v) is 2.31. The molecule has 1 heterocycles. The van der Waals surface area contributed by atoms with Crippen LogP contribution in [0, 0.1) is 6.92 Å². The number of nitrogens with zero attached hydrogens (tertiary/aromatic N) is 1. The highest BCUT2D eigenvalue weighted by molar-refractivity contribution is 5.84. The number of aromatic nitrogens is 1. The minimum Gasteiger partial charge on any atom is -0.506 e. The van der Waals surface area contributed by atoms with Crippen LogP contribution in [0.5, 0.6) is 5.75 Å². The monoisotopic (exact) mass is 278 g/mol. The summed E-state index contributed by atoms with van der Waals surface area (Å²) in [4.78, 5) is 4.51. The average Bonchev–Trinajstić information content (AvgIpc) is 2.50. The molecular formula is C18H18N2O. The Morgan fingerprint density at radius 1 is 0.952 bits per heavy atom. The van der Waals surface area contributed by atoms with E-state index in [0.29, 0.717) is 12.1 Å². The van der Waals surface area contributed by atoms with Gasteiger partial charge in [0, 0.05) is 18.5 Å². The van der Waals surface area contributed by atoms with Crippen molar-refractivity contribution in [2.75, 3.05) is 0 Å². The number of phenols is 1. The molecule has 0 aliphatic carbocycles. The summed E-state index contributed by atoms with van der Waals surface area (Å²) < 4.78 is 0. The van der Waals surface area contributed by atoms with Crippen LogP contribution in [-0.4, -0.2) is 10.1 Å². The Labute approximate surface area is 124 Å². The second-order valence-electron chi connectivity index (χ2n) is 5.24. The van der Waals surface area contributed by atoms with Crippen LogP contribution in [0.1, 0.15) is 16.8 Å². The standard InChI is InChI=1S/C18H18N2O/c1-13-5-7-14(8-6-13)11-19-12-16-10-9-15-3-2-4-17(21)18(15)20-16/h2-10,19,21H,11-12H2,1H3. The molecule has 106 valence electrons. The maximum atomic E-state index is 9.84. The van der Waals surface area contributed by atoms with E-state index in [1.54, 1.807) is 6.07 Å². The topological polar surface area (TPSA) is 45.1 Å². The van der Waals surface area contributed by atoms with Gasteiger partial charge in [0.1, 0.15) is 11.3 Å². The van der Waals surface area contributed by atoms with Crippen molar-refractivity contribution in [1.82, 2.24) is 10.3 Å². The first kappa shape index (κ1) is 13.6. The van der Waals surface area contributed by atoms with Gasteiger partial charge < -0.3 is 10.4 Å². The average molecular weight is 278 g/mol. The van der Waals surface area contributed by atoms with Gasteiger partial charge in [0.05, 0.1) is 5.69 Å². The Balaban J connectivity index is 1.68. The predicted molar refractivity (Wildman–Crippen MR) is 85.1 cm³/mol. The van der Waals surface area contributed by atoms with Crippen molar-refractivity contribution in [2.45, 2.75) is 20.0 Å². The summed E-state index contributed by atoms with van der Waals surface area (Å²) >= 11 is 0. The van der Waals surface area contributed by atoms with Gasteiger partial charge in [0.2, 0.25) is 0 Å². The highest BCUT2D eigenvalue weighted by atomic mass is 16.3. The Bertz CT molecular complexity index is 751. The van der Waals surface area contributed by atoms with Gasteiger partial charge in [-0.25, -0.2) is 4.98 Å². The minimum absolute atomic E-state index is 0.230. The number of pyridine rings is 1. The summed E-state index contributed by atoms with van der Waals surface area (Å²) in [6.07, 6.45) is 0. The zero-order valence-electron chi connectivity index (χ0n) is 12.0. The van der Waals surface area contributed by atoms with Crippen molar-refractivity contribution in [3.8, 4) is 5.75 Å². The lowest BCUT2D eigenvalue weighted by Gasteiger charge is -2.07. The van der Waals surface area contributed by atoms with Gasteiger partial charge in [-0.3, -0.25) is 0 Å². The van der Waals surface area contributed by atoms with E-state index in [0.717, 1.165) is 17.6 Å². The van der Waals surface area contributed by atoms with E-state index in [9.17, 15) is 5.11 Å². The molecule has 1 aromatic heterocycles. The van der Waals surface area contributed by atoms with Gasteiger partial charge >= 0.3 is 0 Å². The molecule has 0 atom stereocenters. The molecule has 3 heteroatoms. The lowest BCUT2D eigenvalue weighted by Crippen LogP contribution is -2.13. The first-order chi connectivity index (χ1) is 10.2. The van der Waals surface area contributed by atoms with Crippen molar-refractivity contribution < 1.29 is 5.11 Å². The molecule has 3 nitrogen and oxygen atoms in total. The highest BCUT2D eigenvalue weighted by Crippen LogP contribution is 2.22. The van der Waals surface area contributed by atoms with Gasteiger partial charge in [-0.1, -0.05) is 48.0 Å². The minimum atomic E-state index is 0.230. The van der Waals surface area contributed by atoms with E-state index < -0.39 is 0 Å². The van der Waals surface area contributed by atoms with Crippen molar-refractivity contribution in [2.24, 2.45) is 0 Å². The predicted octanol–water partition coefficient (Wildman–Crippen LogP) is 3.54. The number of phenolic OH excluding ortho intramolecular Hbond substituents is 1. The molecule has 21 heavy (non-hydrogen) atoms. The van der Waals surface area contributed by atoms with E-state index in [1.165, 1.54) is 11.1 Å². The van der Waals surface area contributed by atoms with Gasteiger partial charge in [0.25, 0.3) is 0 Å². The molecule has 3 aromatic rings. The molecule has 0 aliphatic heterocycles. The molecule has 0 bridgehead atoms. The zero-order chi connectivity index (χ0) is 14.7. The third kappa shape index (κ3) is 3.20. The number of hydrogen-bond acceptors (Lipinski definition) is 3. The number of benzene rings is 2. The largest absolute Gasteiger partial charge is 0.506 e. The van der Waals surface area contributed by atoms with Crippen LogP contribution in [0.4, 0.5) is 0 Å². The van der Waals surface area contributed by atoms with Crippen LogP contribution < -0.4 is 5.32 Å². The Kier molecular flexibility index (Phi) is 3.84. The maximum Gasteiger partial charge on any atom is 0.141 e. The van der Waals surface area contributed by atoms with Crippen molar-refractivity contribution in [3.05, 3.63) is 71.4 Å². The number of hydrogen-bond donors (Lipinski definition) is 2. The zero-order valence-corrected chi connectivity index (χ0v) is 12.0. The van der Waals surface area contributed by atoms with Crippen LogP contribution in [0.2, 0.25) is 0 Å². The number of fused-ring (bicyclic) bond motifs is 1. The summed E-state index contributed by atoms with van der Waals surface area (Å²) in [5.41, 5.74) is 4.11. The fourth-order valence-electron chi connectivity index (χ4n) is 2.31. The quantitative estimate of drug-likeness (QED) is 0.767. The van der Waals surface area contributed by atoms with Gasteiger partial charge in [0.15, 0.2) is 0 Å². The Hall–Kier alpha value is -2.39. The van der Waals surface area contributed by atoms with Crippen LogP contribution in [0.25, 0.3) is 10.9 Å². The maximum absolute atomic E-state index is 9.84. The van der Waals surface area contributed by atoms with Crippen molar-refractivity contribution in [3.63, 3.8) is 0 Å². The van der Waals surface area contributed by atoms with E-state index in [4.69, 9.17) is 0 Å². The lowest BCUT2D eigenvalue weighted by atomic mass is 10.1. The van der Waals surface area contributed by atoms with Crippen LogP contribution in [0.15, 0.2) is 54.6 Å². The second kappa shape index (κ2) is 5.94. The van der Waals surface area contributed by atoms with Crippen LogP contribution in [-0.2, 0) is 13.1 Å². The summed E-state index contributed by atoms with van der Waals surface area (Å²) in [7, 11) is 0. The van der Waals surface area contributed by atoms with Crippen molar-refractivity contribution in [1.29, 1.82) is 0 Å². The SMILES string of the molecule is Cc1ccc(CNCc2ccc3cccc(O)c3n2)cc1. The highest BCUT2D eigenvalue weighted by Gasteiger charge is 2.02. The summed E-state index contributed by atoms with van der Waals surface area (Å²) in [6.45, 7) is 3.57. The summed E-state index contributed by atoms with van der Waals surface area (Å²) in [5.74, 6) is 0.230. The second-order valence-corrected chi connectivity index (χ2v) is 5.24. The summed E-state index contributed by atoms with van der Waals surface area (Å²) in [6, 6.07) is 17.9. The van der Waals surface area contributed by atoms with E-state index in [2.05, 4.69) is 41.5 Å². The number of rotatable bonds is 4. The number of aryl methyl sites for hydroxylation is 1. The van der Waals surface area contributed by atoms with E-state index >= 15 is 0 Å². The molecule has 0 saturated carbocycles. The molecule has 0 aliphatic rings. The number of para-hydroxylation sites is 1. The molecule has 2 N–H and O–H groups in total. The molecule has 0 radical (unpaired) electrons.